The molecule has 1 fully saturated rings. The first-order chi connectivity index (χ1) is 13.1. The van der Waals surface area contributed by atoms with Crippen LogP contribution in [0.15, 0.2) is 23.3 Å². The first-order valence-corrected chi connectivity index (χ1v) is 10.2. The fraction of sp³-hybridized carbons (Fsp3) is 0.714. The molecule has 1 aliphatic rings. The molecule has 152 valence electrons. The van der Waals surface area contributed by atoms with Gasteiger partial charge in [-0.3, -0.25) is 0 Å². The van der Waals surface area contributed by atoms with E-state index in [-0.39, 0.29) is 6.10 Å². The monoisotopic (exact) mass is 376 g/mol. The van der Waals surface area contributed by atoms with Gasteiger partial charge in [0.2, 0.25) is 5.88 Å². The maximum Gasteiger partial charge on any atom is 0.213 e. The Kier molecular flexibility index (Phi) is 8.85. The number of rotatable bonds is 10. The quantitative estimate of drug-likeness (QED) is 0.483. The van der Waals surface area contributed by atoms with Crippen molar-refractivity contribution in [3.63, 3.8) is 0 Å². The topological polar surface area (TPSA) is 67.8 Å². The number of nitrogens with one attached hydrogen (secondary N) is 2. The van der Waals surface area contributed by atoms with Crippen LogP contribution >= 0.6 is 0 Å². The lowest BCUT2D eigenvalue weighted by molar-refractivity contribution is 0.138. The van der Waals surface area contributed by atoms with Crippen LogP contribution in [-0.2, 0) is 11.3 Å². The number of nitrogens with zero attached hydrogens (tertiary/aromatic N) is 2. The Bertz CT molecular complexity index is 566. The molecule has 1 aromatic heterocycles. The fourth-order valence-electron chi connectivity index (χ4n) is 3.56. The van der Waals surface area contributed by atoms with Crippen LogP contribution in [-0.4, -0.2) is 43.9 Å². The summed E-state index contributed by atoms with van der Waals surface area (Å²) in [4.78, 5) is 9.08. The lowest BCUT2D eigenvalue weighted by Gasteiger charge is -2.30. The van der Waals surface area contributed by atoms with E-state index in [0.717, 1.165) is 37.6 Å². The van der Waals surface area contributed by atoms with E-state index in [9.17, 15) is 0 Å². The van der Waals surface area contributed by atoms with Gasteiger partial charge in [-0.1, -0.05) is 18.9 Å². The second kappa shape index (κ2) is 11.1. The second-order valence-electron chi connectivity index (χ2n) is 7.67. The van der Waals surface area contributed by atoms with E-state index in [0.29, 0.717) is 17.8 Å². The summed E-state index contributed by atoms with van der Waals surface area (Å²) >= 11 is 0. The maximum atomic E-state index is 5.59. The molecule has 0 aliphatic heterocycles. The average Bonchev–Trinajstić information content (AvgIpc) is 3.12. The summed E-state index contributed by atoms with van der Waals surface area (Å²) < 4.78 is 10.9. The average molecular weight is 377 g/mol. The first-order valence-electron chi connectivity index (χ1n) is 10.2. The fourth-order valence-corrected chi connectivity index (χ4v) is 3.56. The van der Waals surface area contributed by atoms with Crippen molar-refractivity contribution in [2.45, 2.75) is 65.5 Å². The van der Waals surface area contributed by atoms with Crippen LogP contribution in [0.2, 0.25) is 0 Å². The van der Waals surface area contributed by atoms with Gasteiger partial charge in [-0.25, -0.2) is 9.98 Å². The molecule has 0 spiro atoms. The number of pyridine rings is 1. The molecule has 2 N–H and O–H groups in total. The minimum Gasteiger partial charge on any atom is -0.475 e. The van der Waals surface area contributed by atoms with E-state index in [1.165, 1.54) is 25.7 Å². The Morgan fingerprint density at radius 3 is 2.63 bits per heavy atom. The van der Waals surface area contributed by atoms with Crippen molar-refractivity contribution in [2.75, 3.05) is 26.8 Å². The van der Waals surface area contributed by atoms with Gasteiger partial charge < -0.3 is 20.1 Å². The van der Waals surface area contributed by atoms with Crippen LogP contribution in [0.4, 0.5) is 0 Å². The van der Waals surface area contributed by atoms with Gasteiger partial charge in [0.25, 0.3) is 0 Å². The van der Waals surface area contributed by atoms with Crippen LogP contribution in [0.5, 0.6) is 5.88 Å². The molecular weight excluding hydrogens is 340 g/mol. The Morgan fingerprint density at radius 2 is 2.04 bits per heavy atom. The highest BCUT2D eigenvalue weighted by atomic mass is 16.5. The molecule has 0 atom stereocenters. The summed E-state index contributed by atoms with van der Waals surface area (Å²) in [6.45, 7) is 9.29. The number of ether oxygens (including phenoxy) is 2. The third-order valence-electron chi connectivity index (χ3n) is 5.05. The Morgan fingerprint density at radius 1 is 1.26 bits per heavy atom. The summed E-state index contributed by atoms with van der Waals surface area (Å²) in [5.74, 6) is 1.52. The summed E-state index contributed by atoms with van der Waals surface area (Å²) in [5.41, 5.74) is 1.40. The van der Waals surface area contributed by atoms with Crippen molar-refractivity contribution in [3.05, 3.63) is 23.9 Å². The Balaban J connectivity index is 1.93. The molecule has 0 aromatic carbocycles. The molecule has 1 aliphatic carbocycles. The van der Waals surface area contributed by atoms with Gasteiger partial charge in [-0.15, -0.1) is 0 Å². The lowest BCUT2D eigenvalue weighted by Crippen LogP contribution is -2.43. The van der Waals surface area contributed by atoms with Gasteiger partial charge in [-0.05, 0) is 51.0 Å². The van der Waals surface area contributed by atoms with Crippen molar-refractivity contribution in [2.24, 2.45) is 10.4 Å². The van der Waals surface area contributed by atoms with E-state index in [1.54, 1.807) is 7.11 Å². The normalized spacial score (nSPS) is 16.6. The van der Waals surface area contributed by atoms with Gasteiger partial charge in [0, 0.05) is 39.1 Å². The molecule has 0 amide bonds. The van der Waals surface area contributed by atoms with E-state index in [4.69, 9.17) is 14.5 Å². The molecule has 0 unspecified atom stereocenters. The zero-order valence-corrected chi connectivity index (χ0v) is 17.4. The third kappa shape index (κ3) is 7.37. The predicted octanol–water partition coefficient (Wildman–Crippen LogP) is 3.52. The van der Waals surface area contributed by atoms with Gasteiger partial charge >= 0.3 is 0 Å². The van der Waals surface area contributed by atoms with Crippen LogP contribution in [0.25, 0.3) is 0 Å². The lowest BCUT2D eigenvalue weighted by atomic mass is 9.83. The number of hydrogen-bond acceptors (Lipinski definition) is 4. The summed E-state index contributed by atoms with van der Waals surface area (Å²) in [5, 5.41) is 6.91. The zero-order chi connectivity index (χ0) is 19.5. The van der Waals surface area contributed by atoms with Crippen LogP contribution in [0.1, 0.15) is 58.4 Å². The number of aromatic nitrogens is 1. The molecule has 1 heterocycles. The molecular formula is C21H36N4O2. The molecule has 2 rings (SSSR count). The standard InChI is InChI=1S/C21H36N4O2/c1-5-22-20(25-16-21(12-13-26-4)10-6-7-11-21)24-15-18-8-9-19(23-14-18)27-17(2)3/h8-9,14,17H,5-7,10-13,15-16H2,1-4H3,(H2,22,24,25). The number of guanidine groups is 1. The van der Waals surface area contributed by atoms with E-state index in [2.05, 4.69) is 22.5 Å². The molecule has 6 heteroatoms. The van der Waals surface area contributed by atoms with Crippen molar-refractivity contribution in [1.29, 1.82) is 0 Å². The van der Waals surface area contributed by atoms with E-state index >= 15 is 0 Å². The highest BCUT2D eigenvalue weighted by Crippen LogP contribution is 2.40. The van der Waals surface area contributed by atoms with Gasteiger partial charge in [-0.2, -0.15) is 0 Å². The van der Waals surface area contributed by atoms with Crippen LogP contribution in [0, 0.1) is 5.41 Å². The summed E-state index contributed by atoms with van der Waals surface area (Å²) in [6, 6.07) is 3.93. The number of hydrogen-bond donors (Lipinski definition) is 2. The molecule has 1 aromatic rings. The minimum absolute atomic E-state index is 0.131. The molecule has 1 saturated carbocycles. The van der Waals surface area contributed by atoms with E-state index < -0.39 is 0 Å². The van der Waals surface area contributed by atoms with Crippen LogP contribution in [0.3, 0.4) is 0 Å². The van der Waals surface area contributed by atoms with Crippen molar-refractivity contribution in [1.82, 2.24) is 15.6 Å². The summed E-state index contributed by atoms with van der Waals surface area (Å²) in [6.07, 6.45) is 8.24. The van der Waals surface area contributed by atoms with E-state index in [1.807, 2.05) is 32.2 Å². The number of methoxy groups -OCH3 is 1. The highest BCUT2D eigenvalue weighted by molar-refractivity contribution is 5.79. The first kappa shape index (κ1) is 21.5. The molecule has 0 bridgehead atoms. The Labute approximate surface area is 164 Å². The molecule has 27 heavy (non-hydrogen) atoms. The summed E-state index contributed by atoms with van der Waals surface area (Å²) in [7, 11) is 1.78. The highest BCUT2D eigenvalue weighted by Gasteiger charge is 2.33. The minimum atomic E-state index is 0.131. The van der Waals surface area contributed by atoms with Crippen molar-refractivity contribution >= 4 is 5.96 Å². The third-order valence-corrected chi connectivity index (χ3v) is 5.05. The van der Waals surface area contributed by atoms with Gasteiger partial charge in [0.1, 0.15) is 0 Å². The number of aliphatic imine (C=N–C) groups is 1. The van der Waals surface area contributed by atoms with Crippen LogP contribution < -0.4 is 15.4 Å². The molecule has 6 nitrogen and oxygen atoms in total. The predicted molar refractivity (Wildman–Crippen MR) is 110 cm³/mol. The largest absolute Gasteiger partial charge is 0.475 e. The SMILES string of the molecule is CCNC(=NCc1ccc(OC(C)C)nc1)NCC1(CCOC)CCCC1. The smallest absolute Gasteiger partial charge is 0.213 e. The van der Waals surface area contributed by atoms with Crippen molar-refractivity contribution < 1.29 is 9.47 Å². The van der Waals surface area contributed by atoms with Gasteiger partial charge in [0.05, 0.1) is 12.6 Å². The zero-order valence-electron chi connectivity index (χ0n) is 17.4. The Hall–Kier alpha value is -1.82. The van der Waals surface area contributed by atoms with Gasteiger partial charge in [0.15, 0.2) is 5.96 Å². The second-order valence-corrected chi connectivity index (χ2v) is 7.67. The molecule has 0 saturated heterocycles. The van der Waals surface area contributed by atoms with Crippen molar-refractivity contribution in [3.8, 4) is 5.88 Å². The molecule has 0 radical (unpaired) electrons. The maximum absolute atomic E-state index is 5.59.